The Hall–Kier alpha value is -2.96. The number of piperidine rings is 1. The largest absolute Gasteiger partial charge is 0.361 e. The van der Waals surface area contributed by atoms with Crippen LogP contribution in [-0.4, -0.2) is 32.1 Å². The fourth-order valence-electron chi connectivity index (χ4n) is 3.78. The molecule has 3 aromatic rings. The SMILES string of the molecule is Cc1cc([C@@H]2CCCCN2C(=O)Cn2c(=O)c(C)nc3ccccc32)no1. The van der Waals surface area contributed by atoms with Crippen molar-refractivity contribution in [3.05, 3.63) is 57.8 Å². The maximum absolute atomic E-state index is 13.2. The number of rotatable bonds is 3. The fraction of sp³-hybridized carbons (Fsp3) is 0.400. The Morgan fingerprint density at radius 3 is 2.85 bits per heavy atom. The number of hydrogen-bond donors (Lipinski definition) is 0. The predicted molar refractivity (Wildman–Crippen MR) is 100 cm³/mol. The average Bonchev–Trinajstić information content (AvgIpc) is 3.11. The summed E-state index contributed by atoms with van der Waals surface area (Å²) in [7, 11) is 0. The molecule has 2 aromatic heterocycles. The molecule has 0 radical (unpaired) electrons. The number of aryl methyl sites for hydroxylation is 2. The first kappa shape index (κ1) is 17.5. The molecule has 7 nitrogen and oxygen atoms in total. The van der Waals surface area contributed by atoms with Crippen molar-refractivity contribution in [2.75, 3.05) is 6.54 Å². The topological polar surface area (TPSA) is 81.2 Å². The van der Waals surface area contributed by atoms with E-state index in [0.717, 1.165) is 30.7 Å². The van der Waals surface area contributed by atoms with Crippen LogP contribution in [-0.2, 0) is 11.3 Å². The van der Waals surface area contributed by atoms with Crippen molar-refractivity contribution in [1.29, 1.82) is 0 Å². The van der Waals surface area contributed by atoms with Crippen LogP contribution in [0.15, 0.2) is 39.6 Å². The highest BCUT2D eigenvalue weighted by molar-refractivity contribution is 5.80. The number of hydrogen-bond acceptors (Lipinski definition) is 5. The van der Waals surface area contributed by atoms with Gasteiger partial charge in [-0.05, 0) is 45.2 Å². The van der Waals surface area contributed by atoms with E-state index in [-0.39, 0.29) is 24.1 Å². The first-order valence-corrected chi connectivity index (χ1v) is 9.23. The normalized spacial score (nSPS) is 17.4. The second-order valence-electron chi connectivity index (χ2n) is 7.04. The summed E-state index contributed by atoms with van der Waals surface area (Å²) in [6.45, 7) is 4.18. The van der Waals surface area contributed by atoms with Crippen molar-refractivity contribution in [3.8, 4) is 0 Å². The second kappa shape index (κ2) is 6.98. The predicted octanol–water partition coefficient (Wildman–Crippen LogP) is 2.76. The molecule has 0 saturated carbocycles. The van der Waals surface area contributed by atoms with E-state index >= 15 is 0 Å². The van der Waals surface area contributed by atoms with Crippen LogP contribution in [0.3, 0.4) is 0 Å². The molecule has 0 aliphatic carbocycles. The number of carbonyl (C=O) groups excluding carboxylic acids is 1. The van der Waals surface area contributed by atoms with Crippen LogP contribution < -0.4 is 5.56 Å². The lowest BCUT2D eigenvalue weighted by molar-refractivity contribution is -0.135. The molecular formula is C20H22N4O3. The smallest absolute Gasteiger partial charge is 0.272 e. The first-order valence-electron chi connectivity index (χ1n) is 9.23. The highest BCUT2D eigenvalue weighted by Gasteiger charge is 2.30. The molecule has 140 valence electrons. The summed E-state index contributed by atoms with van der Waals surface area (Å²) in [4.78, 5) is 32.0. The number of nitrogens with zero attached hydrogens (tertiary/aromatic N) is 4. The molecule has 3 heterocycles. The molecule has 1 fully saturated rings. The van der Waals surface area contributed by atoms with Gasteiger partial charge in [-0.2, -0.15) is 0 Å². The molecule has 1 aliphatic heterocycles. The molecule has 4 rings (SSSR count). The summed E-state index contributed by atoms with van der Waals surface area (Å²) in [5, 5.41) is 4.11. The standard InChI is InChI=1S/C20H22N4O3/c1-13-11-16(22-27-13)18-9-5-6-10-23(18)19(25)12-24-17-8-4-3-7-15(17)21-14(2)20(24)26/h3-4,7-8,11,18H,5-6,9-10,12H2,1-2H3/t18-/m0/s1. The Kier molecular flexibility index (Phi) is 4.51. The van der Waals surface area contributed by atoms with Gasteiger partial charge in [0.15, 0.2) is 0 Å². The molecule has 0 N–H and O–H groups in total. The lowest BCUT2D eigenvalue weighted by atomic mass is 9.99. The van der Waals surface area contributed by atoms with Gasteiger partial charge in [-0.15, -0.1) is 0 Å². The van der Waals surface area contributed by atoms with Crippen molar-refractivity contribution in [2.45, 2.75) is 45.7 Å². The van der Waals surface area contributed by atoms with E-state index in [4.69, 9.17) is 4.52 Å². The summed E-state index contributed by atoms with van der Waals surface area (Å²) < 4.78 is 6.73. The number of carbonyl (C=O) groups is 1. The van der Waals surface area contributed by atoms with Crippen LogP contribution in [0.4, 0.5) is 0 Å². The number of amides is 1. The van der Waals surface area contributed by atoms with Gasteiger partial charge in [0.25, 0.3) is 5.56 Å². The van der Waals surface area contributed by atoms with Crippen LogP contribution in [0.5, 0.6) is 0 Å². The Bertz CT molecular complexity index is 1050. The quantitative estimate of drug-likeness (QED) is 0.712. The van der Waals surface area contributed by atoms with Gasteiger partial charge < -0.3 is 9.42 Å². The van der Waals surface area contributed by atoms with Gasteiger partial charge in [-0.25, -0.2) is 4.98 Å². The molecule has 1 aromatic carbocycles. The molecular weight excluding hydrogens is 344 g/mol. The molecule has 0 bridgehead atoms. The summed E-state index contributed by atoms with van der Waals surface area (Å²) >= 11 is 0. The van der Waals surface area contributed by atoms with E-state index < -0.39 is 0 Å². The third kappa shape index (κ3) is 3.25. The molecule has 1 amide bonds. The van der Waals surface area contributed by atoms with Gasteiger partial charge in [-0.3, -0.25) is 14.2 Å². The van der Waals surface area contributed by atoms with Crippen LogP contribution in [0.25, 0.3) is 11.0 Å². The van der Waals surface area contributed by atoms with Gasteiger partial charge in [0.2, 0.25) is 5.91 Å². The number of fused-ring (bicyclic) bond motifs is 1. The molecule has 1 aliphatic rings. The molecule has 1 saturated heterocycles. The number of likely N-dealkylation sites (tertiary alicyclic amines) is 1. The van der Waals surface area contributed by atoms with Crippen molar-refractivity contribution >= 4 is 16.9 Å². The van der Waals surface area contributed by atoms with Crippen LogP contribution in [0, 0.1) is 13.8 Å². The van der Waals surface area contributed by atoms with Gasteiger partial charge >= 0.3 is 0 Å². The molecule has 27 heavy (non-hydrogen) atoms. The first-order chi connectivity index (χ1) is 13.0. The Balaban J connectivity index is 1.68. The third-order valence-corrected chi connectivity index (χ3v) is 5.12. The fourth-order valence-corrected chi connectivity index (χ4v) is 3.78. The van der Waals surface area contributed by atoms with E-state index in [1.165, 1.54) is 4.57 Å². The minimum atomic E-state index is -0.229. The highest BCUT2D eigenvalue weighted by Crippen LogP contribution is 2.30. The third-order valence-electron chi connectivity index (χ3n) is 5.12. The van der Waals surface area contributed by atoms with Crippen LogP contribution >= 0.6 is 0 Å². The Labute approximate surface area is 156 Å². The molecule has 7 heteroatoms. The Morgan fingerprint density at radius 2 is 2.07 bits per heavy atom. The lowest BCUT2D eigenvalue weighted by Gasteiger charge is -2.34. The lowest BCUT2D eigenvalue weighted by Crippen LogP contribution is -2.42. The second-order valence-corrected chi connectivity index (χ2v) is 7.04. The van der Waals surface area contributed by atoms with Crippen LogP contribution in [0.2, 0.25) is 0 Å². The van der Waals surface area contributed by atoms with Gasteiger partial charge in [0.05, 0.1) is 17.1 Å². The van der Waals surface area contributed by atoms with Crippen molar-refractivity contribution in [2.24, 2.45) is 0 Å². The zero-order chi connectivity index (χ0) is 19.0. The average molecular weight is 366 g/mol. The van der Waals surface area contributed by atoms with Crippen molar-refractivity contribution in [1.82, 2.24) is 19.6 Å². The minimum Gasteiger partial charge on any atom is -0.361 e. The van der Waals surface area contributed by atoms with Gasteiger partial charge in [0, 0.05) is 12.6 Å². The van der Waals surface area contributed by atoms with E-state index in [2.05, 4.69) is 10.1 Å². The van der Waals surface area contributed by atoms with Crippen LogP contribution in [0.1, 0.15) is 42.5 Å². The molecule has 0 unspecified atom stereocenters. The monoisotopic (exact) mass is 366 g/mol. The van der Waals surface area contributed by atoms with Gasteiger partial charge in [-0.1, -0.05) is 17.3 Å². The highest BCUT2D eigenvalue weighted by atomic mass is 16.5. The zero-order valence-corrected chi connectivity index (χ0v) is 15.5. The summed E-state index contributed by atoms with van der Waals surface area (Å²) in [5.74, 6) is 0.646. The Morgan fingerprint density at radius 1 is 1.26 bits per heavy atom. The van der Waals surface area contributed by atoms with Gasteiger partial charge in [0.1, 0.15) is 23.7 Å². The molecule has 0 spiro atoms. The number of para-hydroxylation sites is 2. The maximum Gasteiger partial charge on any atom is 0.272 e. The maximum atomic E-state index is 13.2. The zero-order valence-electron chi connectivity index (χ0n) is 15.5. The van der Waals surface area contributed by atoms with E-state index in [1.54, 1.807) is 6.92 Å². The number of benzene rings is 1. The summed E-state index contributed by atoms with van der Waals surface area (Å²) in [5.41, 5.74) is 2.33. The molecule has 1 atom stereocenters. The van der Waals surface area contributed by atoms with E-state index in [0.29, 0.717) is 23.3 Å². The van der Waals surface area contributed by atoms with E-state index in [1.807, 2.05) is 42.2 Å². The van der Waals surface area contributed by atoms with E-state index in [9.17, 15) is 9.59 Å². The van der Waals surface area contributed by atoms with Crippen molar-refractivity contribution < 1.29 is 9.32 Å². The minimum absolute atomic E-state index is 0.00393. The summed E-state index contributed by atoms with van der Waals surface area (Å²) in [6.07, 6.45) is 2.84. The number of aromatic nitrogens is 3. The summed E-state index contributed by atoms with van der Waals surface area (Å²) in [6, 6.07) is 9.18. The van der Waals surface area contributed by atoms with Crippen molar-refractivity contribution in [3.63, 3.8) is 0 Å².